The van der Waals surface area contributed by atoms with E-state index in [2.05, 4.69) is 5.32 Å². The van der Waals surface area contributed by atoms with Crippen LogP contribution in [0.2, 0.25) is 0 Å². The summed E-state index contributed by atoms with van der Waals surface area (Å²) in [5.41, 5.74) is 14.4. The monoisotopic (exact) mass is 177 g/mol. The van der Waals surface area contributed by atoms with Gasteiger partial charge in [-0.15, -0.1) is 0 Å². The Morgan fingerprint density at radius 1 is 1.31 bits per heavy atom. The fraction of sp³-hybridized carbons (Fsp3) is 0.400. The first-order valence-corrected chi connectivity index (χ1v) is 4.65. The maximum absolute atomic E-state index is 5.87. The van der Waals surface area contributed by atoms with Gasteiger partial charge in [-0.25, -0.2) is 0 Å². The molecular formula is C10H15N3. The van der Waals surface area contributed by atoms with Crippen molar-refractivity contribution in [3.63, 3.8) is 0 Å². The largest absolute Gasteiger partial charge is 0.399 e. The fourth-order valence-corrected chi connectivity index (χ4v) is 1.85. The molecule has 5 N–H and O–H groups in total. The Bertz CT molecular complexity index is 303. The molecule has 70 valence electrons. The molecule has 0 unspecified atom stereocenters. The number of benzene rings is 1. The molecule has 0 aliphatic carbocycles. The predicted molar refractivity (Wildman–Crippen MR) is 55.2 cm³/mol. The first kappa shape index (κ1) is 8.38. The molecule has 1 aromatic rings. The third kappa shape index (κ3) is 1.60. The smallest absolute Gasteiger partial charge is 0.0364 e. The third-order valence-corrected chi connectivity index (χ3v) is 2.55. The average Bonchev–Trinajstić information content (AvgIpc) is 2.61. The zero-order valence-corrected chi connectivity index (χ0v) is 7.59. The predicted octanol–water partition coefficient (Wildman–Crippen LogP) is 1.28. The molecule has 1 heterocycles. The molecule has 2 rings (SSSR count). The third-order valence-electron chi connectivity index (χ3n) is 2.55. The van der Waals surface area contributed by atoms with Crippen LogP contribution in [0.3, 0.4) is 0 Å². The molecule has 13 heavy (non-hydrogen) atoms. The Balaban J connectivity index is 2.32. The molecule has 0 bridgehead atoms. The van der Waals surface area contributed by atoms with Crippen molar-refractivity contribution < 1.29 is 0 Å². The van der Waals surface area contributed by atoms with Gasteiger partial charge in [-0.2, -0.15) is 0 Å². The van der Waals surface area contributed by atoms with Crippen LogP contribution >= 0.6 is 0 Å². The summed E-state index contributed by atoms with van der Waals surface area (Å²) in [5, 5.41) is 3.41. The molecule has 0 amide bonds. The summed E-state index contributed by atoms with van der Waals surface area (Å²) in [6.45, 7) is 1.08. The second-order valence-corrected chi connectivity index (χ2v) is 3.54. The highest BCUT2D eigenvalue weighted by Gasteiger charge is 2.18. The number of nitrogen functional groups attached to an aromatic ring is 2. The Labute approximate surface area is 78.1 Å². The van der Waals surface area contributed by atoms with E-state index in [0.717, 1.165) is 29.9 Å². The van der Waals surface area contributed by atoms with Crippen molar-refractivity contribution in [2.24, 2.45) is 0 Å². The summed E-state index contributed by atoms with van der Waals surface area (Å²) in [6, 6.07) is 6.10. The van der Waals surface area contributed by atoms with Crippen LogP contribution in [0.15, 0.2) is 18.2 Å². The van der Waals surface area contributed by atoms with Gasteiger partial charge in [0.2, 0.25) is 0 Å². The number of hydrogen-bond donors (Lipinski definition) is 3. The van der Waals surface area contributed by atoms with Gasteiger partial charge in [-0.05, 0) is 43.1 Å². The molecular weight excluding hydrogens is 162 g/mol. The molecule has 0 aromatic heterocycles. The lowest BCUT2D eigenvalue weighted by Crippen LogP contribution is -2.14. The van der Waals surface area contributed by atoms with E-state index in [-0.39, 0.29) is 0 Å². The number of nitrogens with one attached hydrogen (secondary N) is 1. The van der Waals surface area contributed by atoms with Crippen molar-refractivity contribution >= 4 is 11.4 Å². The first-order chi connectivity index (χ1) is 6.27. The maximum atomic E-state index is 5.87. The Hall–Kier alpha value is -1.22. The zero-order valence-electron chi connectivity index (χ0n) is 7.59. The summed E-state index contributed by atoms with van der Waals surface area (Å²) < 4.78 is 0. The molecule has 3 nitrogen and oxygen atoms in total. The highest BCUT2D eigenvalue weighted by Crippen LogP contribution is 2.28. The average molecular weight is 177 g/mol. The van der Waals surface area contributed by atoms with E-state index in [4.69, 9.17) is 11.5 Å². The van der Waals surface area contributed by atoms with Crippen molar-refractivity contribution in [1.29, 1.82) is 0 Å². The van der Waals surface area contributed by atoms with Gasteiger partial charge in [0.15, 0.2) is 0 Å². The topological polar surface area (TPSA) is 64.1 Å². The summed E-state index contributed by atoms with van der Waals surface area (Å²) in [6.07, 6.45) is 2.38. The highest BCUT2D eigenvalue weighted by molar-refractivity contribution is 5.56. The number of anilines is 2. The summed E-state index contributed by atoms with van der Waals surface area (Å²) in [5.74, 6) is 0. The normalized spacial score (nSPS) is 22.0. The first-order valence-electron chi connectivity index (χ1n) is 4.65. The van der Waals surface area contributed by atoms with Crippen LogP contribution < -0.4 is 16.8 Å². The quantitative estimate of drug-likeness (QED) is 0.566. The summed E-state index contributed by atoms with van der Waals surface area (Å²) in [4.78, 5) is 0. The minimum Gasteiger partial charge on any atom is -0.399 e. The minimum absolute atomic E-state index is 0.406. The molecule has 1 aliphatic heterocycles. The summed E-state index contributed by atoms with van der Waals surface area (Å²) in [7, 11) is 0. The fourth-order valence-electron chi connectivity index (χ4n) is 1.85. The van der Waals surface area contributed by atoms with E-state index in [9.17, 15) is 0 Å². The molecule has 1 saturated heterocycles. The van der Waals surface area contributed by atoms with E-state index >= 15 is 0 Å². The molecule has 1 aromatic carbocycles. The molecule has 0 radical (unpaired) electrons. The lowest BCUT2D eigenvalue weighted by atomic mass is 10.0. The Kier molecular flexibility index (Phi) is 2.10. The van der Waals surface area contributed by atoms with Gasteiger partial charge in [0.1, 0.15) is 0 Å². The van der Waals surface area contributed by atoms with Crippen LogP contribution in [0.4, 0.5) is 11.4 Å². The van der Waals surface area contributed by atoms with Crippen LogP contribution in [0.25, 0.3) is 0 Å². The van der Waals surface area contributed by atoms with E-state index in [1.54, 1.807) is 0 Å². The Morgan fingerprint density at radius 3 is 2.85 bits per heavy atom. The lowest BCUT2D eigenvalue weighted by molar-refractivity contribution is 0.650. The Morgan fingerprint density at radius 2 is 2.15 bits per heavy atom. The van der Waals surface area contributed by atoms with Crippen LogP contribution in [-0.2, 0) is 0 Å². The van der Waals surface area contributed by atoms with Crippen molar-refractivity contribution in [3.8, 4) is 0 Å². The number of nitrogens with two attached hydrogens (primary N) is 2. The van der Waals surface area contributed by atoms with Gasteiger partial charge >= 0.3 is 0 Å². The standard InChI is InChI=1S/C10H15N3/c11-7-3-4-9(12)8(6-7)10-2-1-5-13-10/h3-4,6,10,13H,1-2,5,11-12H2/t10-/m1/s1. The van der Waals surface area contributed by atoms with Crippen LogP contribution in [0, 0.1) is 0 Å². The maximum Gasteiger partial charge on any atom is 0.0364 e. The van der Waals surface area contributed by atoms with E-state index < -0.39 is 0 Å². The molecule has 1 aliphatic rings. The van der Waals surface area contributed by atoms with Crippen molar-refractivity contribution in [1.82, 2.24) is 5.32 Å². The van der Waals surface area contributed by atoms with Gasteiger partial charge in [-0.1, -0.05) is 0 Å². The summed E-state index contributed by atoms with van der Waals surface area (Å²) >= 11 is 0. The van der Waals surface area contributed by atoms with Crippen molar-refractivity contribution in [3.05, 3.63) is 23.8 Å². The molecule has 1 fully saturated rings. The number of hydrogen-bond acceptors (Lipinski definition) is 3. The highest BCUT2D eigenvalue weighted by atomic mass is 14.9. The van der Waals surface area contributed by atoms with Gasteiger partial charge in [0.25, 0.3) is 0 Å². The molecule has 0 saturated carbocycles. The zero-order chi connectivity index (χ0) is 9.26. The van der Waals surface area contributed by atoms with Gasteiger partial charge in [-0.3, -0.25) is 0 Å². The second kappa shape index (κ2) is 3.26. The molecule has 3 heteroatoms. The van der Waals surface area contributed by atoms with Gasteiger partial charge in [0, 0.05) is 17.4 Å². The van der Waals surface area contributed by atoms with Crippen LogP contribution in [0.1, 0.15) is 24.4 Å². The van der Waals surface area contributed by atoms with E-state index in [1.165, 1.54) is 6.42 Å². The SMILES string of the molecule is Nc1ccc(N)c([C@H]2CCCN2)c1. The molecule has 0 spiro atoms. The van der Waals surface area contributed by atoms with Crippen LogP contribution in [-0.4, -0.2) is 6.54 Å². The minimum atomic E-state index is 0.406. The number of rotatable bonds is 1. The van der Waals surface area contributed by atoms with Gasteiger partial charge in [0.05, 0.1) is 0 Å². The van der Waals surface area contributed by atoms with E-state index in [1.807, 2.05) is 18.2 Å². The van der Waals surface area contributed by atoms with Crippen LogP contribution in [0.5, 0.6) is 0 Å². The van der Waals surface area contributed by atoms with E-state index in [0.29, 0.717) is 6.04 Å². The molecule has 1 atom stereocenters. The lowest BCUT2D eigenvalue weighted by Gasteiger charge is -2.13. The van der Waals surface area contributed by atoms with Crippen molar-refractivity contribution in [2.75, 3.05) is 18.0 Å². The van der Waals surface area contributed by atoms with Crippen molar-refractivity contribution in [2.45, 2.75) is 18.9 Å². The van der Waals surface area contributed by atoms with Gasteiger partial charge < -0.3 is 16.8 Å². The second-order valence-electron chi connectivity index (χ2n) is 3.54.